The molecule has 3 nitrogen and oxygen atoms in total. The van der Waals surface area contributed by atoms with Crippen LogP contribution in [0.5, 0.6) is 0 Å². The predicted molar refractivity (Wildman–Crippen MR) is 85.0 cm³/mol. The molecule has 1 aromatic carbocycles. The van der Waals surface area contributed by atoms with Gasteiger partial charge in [-0.15, -0.1) is 0 Å². The van der Waals surface area contributed by atoms with Gasteiger partial charge in [0.25, 0.3) is 0 Å². The second-order valence-electron chi connectivity index (χ2n) is 4.54. The summed E-state index contributed by atoms with van der Waals surface area (Å²) in [5.41, 5.74) is 3.00. The van der Waals surface area contributed by atoms with Crippen LogP contribution < -0.4 is 5.32 Å². The molecule has 0 unspecified atom stereocenters. The number of aryl methyl sites for hydroxylation is 1. The molecule has 2 rings (SSSR count). The average molecular weight is 310 g/mol. The number of nitrogens with zero attached hydrogens (tertiary/aromatic N) is 2. The van der Waals surface area contributed by atoms with E-state index < -0.39 is 0 Å². The fraction of sp³-hybridized carbons (Fsp3) is 0.333. The number of nitrogens with one attached hydrogen (secondary N) is 1. The van der Waals surface area contributed by atoms with E-state index in [0.717, 1.165) is 34.9 Å². The van der Waals surface area contributed by atoms with Gasteiger partial charge in [0.05, 0.1) is 0 Å². The largest absolute Gasteiger partial charge is 0.373 e. The van der Waals surface area contributed by atoms with E-state index in [-0.39, 0.29) is 0 Å². The van der Waals surface area contributed by atoms with Gasteiger partial charge in [-0.1, -0.05) is 36.2 Å². The lowest BCUT2D eigenvalue weighted by Crippen LogP contribution is -2.08. The second-order valence-corrected chi connectivity index (χ2v) is 5.36. The summed E-state index contributed by atoms with van der Waals surface area (Å²) < 4.78 is 0. The molecule has 106 valence electrons. The van der Waals surface area contributed by atoms with E-state index in [2.05, 4.69) is 22.2 Å². The summed E-state index contributed by atoms with van der Waals surface area (Å²) in [4.78, 5) is 9.15. The first kappa shape index (κ1) is 15.1. The lowest BCUT2D eigenvalue weighted by Gasteiger charge is -2.12. The molecule has 0 aliphatic heterocycles. The third-order valence-electron chi connectivity index (χ3n) is 3.26. The SMILES string of the molecule is CCc1nc(Cc2c(Cl)cccc2Cl)nc(NC)c1C. The van der Waals surface area contributed by atoms with Gasteiger partial charge in [0.15, 0.2) is 0 Å². The Hall–Kier alpha value is -1.32. The quantitative estimate of drug-likeness (QED) is 0.915. The van der Waals surface area contributed by atoms with Crippen molar-refractivity contribution in [3.8, 4) is 0 Å². The van der Waals surface area contributed by atoms with Crippen molar-refractivity contribution >= 4 is 29.0 Å². The molecule has 0 saturated heterocycles. The minimum absolute atomic E-state index is 0.528. The number of benzene rings is 1. The first-order chi connectivity index (χ1) is 9.56. The van der Waals surface area contributed by atoms with E-state index in [0.29, 0.717) is 16.5 Å². The Morgan fingerprint density at radius 1 is 1.15 bits per heavy atom. The molecule has 0 fully saturated rings. The van der Waals surface area contributed by atoms with Crippen molar-refractivity contribution in [2.45, 2.75) is 26.7 Å². The van der Waals surface area contributed by atoms with Crippen LogP contribution in [0.3, 0.4) is 0 Å². The van der Waals surface area contributed by atoms with Crippen LogP contribution >= 0.6 is 23.2 Å². The van der Waals surface area contributed by atoms with Crippen molar-refractivity contribution in [2.24, 2.45) is 0 Å². The normalized spacial score (nSPS) is 10.7. The molecule has 5 heteroatoms. The first-order valence-electron chi connectivity index (χ1n) is 6.53. The zero-order valence-electron chi connectivity index (χ0n) is 11.8. The number of hydrogen-bond donors (Lipinski definition) is 1. The standard InChI is InChI=1S/C15H17Cl2N3/c1-4-13-9(2)15(18-3)20-14(19-13)8-10-11(16)6-5-7-12(10)17/h5-7H,4,8H2,1-3H3,(H,18,19,20). The highest BCUT2D eigenvalue weighted by molar-refractivity contribution is 6.36. The van der Waals surface area contributed by atoms with Gasteiger partial charge in [0.2, 0.25) is 0 Å². The lowest BCUT2D eigenvalue weighted by atomic mass is 10.1. The topological polar surface area (TPSA) is 37.8 Å². The fourth-order valence-corrected chi connectivity index (χ4v) is 2.67. The highest BCUT2D eigenvalue weighted by Gasteiger charge is 2.12. The van der Waals surface area contributed by atoms with Gasteiger partial charge in [-0.3, -0.25) is 0 Å². The van der Waals surface area contributed by atoms with Crippen molar-refractivity contribution in [3.63, 3.8) is 0 Å². The van der Waals surface area contributed by atoms with Crippen molar-refractivity contribution in [1.29, 1.82) is 0 Å². The van der Waals surface area contributed by atoms with Crippen LogP contribution in [0.1, 0.15) is 29.6 Å². The Bertz CT molecular complexity index is 581. The van der Waals surface area contributed by atoms with Gasteiger partial charge in [-0.25, -0.2) is 9.97 Å². The summed E-state index contributed by atoms with van der Waals surface area (Å²) >= 11 is 12.4. The summed E-state index contributed by atoms with van der Waals surface area (Å²) in [5, 5.41) is 4.40. The van der Waals surface area contributed by atoms with E-state index in [4.69, 9.17) is 23.2 Å². The van der Waals surface area contributed by atoms with Crippen molar-refractivity contribution < 1.29 is 0 Å². The average Bonchev–Trinajstić information content (AvgIpc) is 2.44. The molecule has 0 bridgehead atoms. The molecule has 0 atom stereocenters. The van der Waals surface area contributed by atoms with Crippen LogP contribution in [-0.4, -0.2) is 17.0 Å². The lowest BCUT2D eigenvalue weighted by molar-refractivity contribution is 0.891. The van der Waals surface area contributed by atoms with Crippen molar-refractivity contribution in [1.82, 2.24) is 9.97 Å². The maximum Gasteiger partial charge on any atom is 0.135 e. The molecule has 0 radical (unpaired) electrons. The molecule has 0 saturated carbocycles. The number of aromatic nitrogens is 2. The summed E-state index contributed by atoms with van der Waals surface area (Å²) in [6.45, 7) is 4.11. The smallest absolute Gasteiger partial charge is 0.135 e. The zero-order valence-corrected chi connectivity index (χ0v) is 13.3. The zero-order chi connectivity index (χ0) is 14.7. The number of anilines is 1. The number of hydrogen-bond acceptors (Lipinski definition) is 3. The van der Waals surface area contributed by atoms with Crippen LogP contribution in [0.4, 0.5) is 5.82 Å². The minimum atomic E-state index is 0.528. The van der Waals surface area contributed by atoms with Gasteiger partial charge in [0, 0.05) is 34.8 Å². The van der Waals surface area contributed by atoms with Crippen LogP contribution in [0.15, 0.2) is 18.2 Å². The second kappa shape index (κ2) is 6.42. The first-order valence-corrected chi connectivity index (χ1v) is 7.29. The number of halogens is 2. The van der Waals surface area contributed by atoms with E-state index >= 15 is 0 Å². The highest BCUT2D eigenvalue weighted by atomic mass is 35.5. The molecule has 0 aliphatic rings. The molecule has 1 heterocycles. The molecule has 0 amide bonds. The monoisotopic (exact) mass is 309 g/mol. The van der Waals surface area contributed by atoms with E-state index in [1.165, 1.54) is 0 Å². The van der Waals surface area contributed by atoms with Gasteiger partial charge >= 0.3 is 0 Å². The Labute approximate surface area is 129 Å². The Kier molecular flexibility index (Phi) is 4.84. The van der Waals surface area contributed by atoms with Gasteiger partial charge in [-0.2, -0.15) is 0 Å². The molecule has 2 aromatic rings. The van der Waals surface area contributed by atoms with Crippen LogP contribution in [-0.2, 0) is 12.8 Å². The Balaban J connectivity index is 2.44. The Morgan fingerprint density at radius 2 is 1.80 bits per heavy atom. The number of rotatable bonds is 4. The third-order valence-corrected chi connectivity index (χ3v) is 3.97. The summed E-state index contributed by atoms with van der Waals surface area (Å²) in [6, 6.07) is 5.49. The molecule has 20 heavy (non-hydrogen) atoms. The minimum Gasteiger partial charge on any atom is -0.373 e. The highest BCUT2D eigenvalue weighted by Crippen LogP contribution is 2.27. The predicted octanol–water partition coefficient (Wildman–Crippen LogP) is 4.29. The molecule has 0 spiro atoms. The van der Waals surface area contributed by atoms with E-state index in [1.54, 1.807) is 0 Å². The maximum atomic E-state index is 6.20. The van der Waals surface area contributed by atoms with E-state index in [1.807, 2.05) is 32.2 Å². The van der Waals surface area contributed by atoms with Crippen molar-refractivity contribution in [2.75, 3.05) is 12.4 Å². The molecular weight excluding hydrogens is 293 g/mol. The third kappa shape index (κ3) is 3.05. The van der Waals surface area contributed by atoms with Crippen LogP contribution in [0.25, 0.3) is 0 Å². The summed E-state index contributed by atoms with van der Waals surface area (Å²) in [7, 11) is 1.86. The summed E-state index contributed by atoms with van der Waals surface area (Å²) in [6.07, 6.45) is 1.40. The summed E-state index contributed by atoms with van der Waals surface area (Å²) in [5.74, 6) is 1.59. The van der Waals surface area contributed by atoms with E-state index in [9.17, 15) is 0 Å². The fourth-order valence-electron chi connectivity index (χ4n) is 2.14. The Morgan fingerprint density at radius 3 is 2.35 bits per heavy atom. The van der Waals surface area contributed by atoms with Crippen LogP contribution in [0, 0.1) is 6.92 Å². The molecular formula is C15H17Cl2N3. The van der Waals surface area contributed by atoms with Gasteiger partial charge in [-0.05, 0) is 31.0 Å². The molecule has 1 N–H and O–H groups in total. The van der Waals surface area contributed by atoms with Gasteiger partial charge < -0.3 is 5.32 Å². The van der Waals surface area contributed by atoms with Crippen LogP contribution in [0.2, 0.25) is 10.0 Å². The molecule has 1 aromatic heterocycles. The van der Waals surface area contributed by atoms with Crippen molar-refractivity contribution in [3.05, 3.63) is 50.9 Å². The van der Waals surface area contributed by atoms with Gasteiger partial charge in [0.1, 0.15) is 11.6 Å². The molecule has 0 aliphatic carbocycles. The maximum absolute atomic E-state index is 6.20.